The lowest BCUT2D eigenvalue weighted by atomic mass is 9.95. The van der Waals surface area contributed by atoms with Gasteiger partial charge in [0.05, 0.1) is 11.5 Å². The molecule has 2 aromatic carbocycles. The number of likely N-dealkylation sites (tertiary alicyclic amines) is 1. The second-order valence-corrected chi connectivity index (χ2v) is 10.6. The normalized spacial score (nSPS) is 18.1. The predicted octanol–water partition coefficient (Wildman–Crippen LogP) is 3.94. The van der Waals surface area contributed by atoms with Crippen LogP contribution in [0.5, 0.6) is 0 Å². The standard InChI is InChI=1S/C26H30N4O5S/c1-4-35-26(32)30-15-13-21(18(3)16-30)29-36(33,34)23-12-11-22(19-9-5-6-10-20(19)23)28-25(31)24-17(2)8-7-14-27-24/h5-12,14,18,21,29H,4,13,15-16H2,1-3H3,(H,28,31)/t18-,21+/m0/s1. The molecule has 2 amide bonds. The highest BCUT2D eigenvalue weighted by molar-refractivity contribution is 7.89. The number of piperidine rings is 1. The molecular weight excluding hydrogens is 480 g/mol. The molecule has 2 N–H and O–H groups in total. The third kappa shape index (κ3) is 5.34. The van der Waals surface area contributed by atoms with Crippen LogP contribution in [0.3, 0.4) is 0 Å². The molecule has 10 heteroatoms. The number of aromatic nitrogens is 1. The number of carbonyl (C=O) groups is 2. The van der Waals surface area contributed by atoms with Crippen LogP contribution in [-0.4, -0.2) is 56.0 Å². The van der Waals surface area contributed by atoms with Gasteiger partial charge in [0.15, 0.2) is 0 Å². The van der Waals surface area contributed by atoms with E-state index in [1.165, 1.54) is 6.07 Å². The number of nitrogens with zero attached hydrogens (tertiary/aromatic N) is 2. The van der Waals surface area contributed by atoms with Gasteiger partial charge < -0.3 is 15.0 Å². The van der Waals surface area contributed by atoms with E-state index < -0.39 is 10.0 Å². The molecular formula is C26H30N4O5S. The van der Waals surface area contributed by atoms with Gasteiger partial charge in [-0.2, -0.15) is 0 Å². The van der Waals surface area contributed by atoms with E-state index in [4.69, 9.17) is 4.74 Å². The Kier molecular flexibility index (Phi) is 7.56. The van der Waals surface area contributed by atoms with Crippen molar-refractivity contribution in [2.75, 3.05) is 25.0 Å². The first-order valence-corrected chi connectivity index (χ1v) is 13.4. The summed E-state index contributed by atoms with van der Waals surface area (Å²) in [6, 6.07) is 13.4. The van der Waals surface area contributed by atoms with Gasteiger partial charge >= 0.3 is 6.09 Å². The molecule has 4 rings (SSSR count). The molecule has 3 aromatic rings. The van der Waals surface area contributed by atoms with Gasteiger partial charge in [-0.1, -0.05) is 37.3 Å². The molecule has 2 atom stereocenters. The number of amides is 2. The van der Waals surface area contributed by atoms with Crippen molar-refractivity contribution in [1.82, 2.24) is 14.6 Å². The first kappa shape index (κ1) is 25.6. The molecule has 9 nitrogen and oxygen atoms in total. The molecule has 0 radical (unpaired) electrons. The van der Waals surface area contributed by atoms with Crippen molar-refractivity contribution in [3.8, 4) is 0 Å². The lowest BCUT2D eigenvalue weighted by molar-refractivity contribution is 0.0846. The van der Waals surface area contributed by atoms with Gasteiger partial charge in [-0.3, -0.25) is 9.78 Å². The fourth-order valence-corrected chi connectivity index (χ4v) is 6.07. The van der Waals surface area contributed by atoms with E-state index in [-0.39, 0.29) is 28.9 Å². The van der Waals surface area contributed by atoms with Crippen molar-refractivity contribution in [3.63, 3.8) is 0 Å². The van der Waals surface area contributed by atoms with Gasteiger partial charge in [0.1, 0.15) is 5.69 Å². The Morgan fingerprint density at radius 1 is 1.11 bits per heavy atom. The largest absolute Gasteiger partial charge is 0.450 e. The molecule has 36 heavy (non-hydrogen) atoms. The molecule has 0 aliphatic carbocycles. The highest BCUT2D eigenvalue weighted by Gasteiger charge is 2.33. The second kappa shape index (κ2) is 10.6. The molecule has 0 saturated carbocycles. The number of carbonyl (C=O) groups excluding carboxylic acids is 2. The average molecular weight is 511 g/mol. The molecule has 1 aliphatic rings. The fraction of sp³-hybridized carbons (Fsp3) is 0.346. The van der Waals surface area contributed by atoms with E-state index in [1.807, 2.05) is 6.92 Å². The van der Waals surface area contributed by atoms with Crippen LogP contribution in [0.15, 0.2) is 59.6 Å². The first-order chi connectivity index (χ1) is 17.2. The lowest BCUT2D eigenvalue weighted by Gasteiger charge is -2.36. The zero-order chi connectivity index (χ0) is 25.9. The number of ether oxygens (including phenoxy) is 1. The molecule has 1 fully saturated rings. The van der Waals surface area contributed by atoms with Crippen LogP contribution >= 0.6 is 0 Å². The minimum Gasteiger partial charge on any atom is -0.450 e. The zero-order valence-electron chi connectivity index (χ0n) is 20.5. The van der Waals surface area contributed by atoms with E-state index in [2.05, 4.69) is 15.0 Å². The summed E-state index contributed by atoms with van der Waals surface area (Å²) in [4.78, 5) is 30.8. The predicted molar refractivity (Wildman–Crippen MR) is 137 cm³/mol. The summed E-state index contributed by atoms with van der Waals surface area (Å²) < 4.78 is 34.8. The summed E-state index contributed by atoms with van der Waals surface area (Å²) in [5.41, 5.74) is 1.55. The van der Waals surface area contributed by atoms with Crippen LogP contribution in [0.4, 0.5) is 10.5 Å². The smallest absolute Gasteiger partial charge is 0.409 e. The van der Waals surface area contributed by atoms with Gasteiger partial charge in [-0.25, -0.2) is 17.9 Å². The second-order valence-electron chi connectivity index (χ2n) is 8.92. The molecule has 1 aromatic heterocycles. The Bertz CT molecular complexity index is 1390. The Balaban J connectivity index is 1.57. The van der Waals surface area contributed by atoms with Crippen LogP contribution in [-0.2, 0) is 14.8 Å². The zero-order valence-corrected chi connectivity index (χ0v) is 21.3. The number of pyridine rings is 1. The number of benzene rings is 2. The third-order valence-corrected chi connectivity index (χ3v) is 7.93. The molecule has 0 bridgehead atoms. The quantitative estimate of drug-likeness (QED) is 0.519. The van der Waals surface area contributed by atoms with Crippen LogP contribution < -0.4 is 10.0 Å². The van der Waals surface area contributed by atoms with Gasteiger partial charge in [0, 0.05) is 41.8 Å². The topological polar surface area (TPSA) is 118 Å². The number of anilines is 1. The molecule has 2 heterocycles. The van der Waals surface area contributed by atoms with E-state index in [9.17, 15) is 18.0 Å². The number of fused-ring (bicyclic) bond motifs is 1. The number of hydrogen-bond acceptors (Lipinski definition) is 6. The summed E-state index contributed by atoms with van der Waals surface area (Å²) >= 11 is 0. The van der Waals surface area contributed by atoms with Crippen molar-refractivity contribution in [2.45, 2.75) is 38.1 Å². The number of sulfonamides is 1. The minimum absolute atomic E-state index is 0.0932. The van der Waals surface area contributed by atoms with Gasteiger partial charge in [0.25, 0.3) is 5.91 Å². The van der Waals surface area contributed by atoms with Gasteiger partial charge in [-0.05, 0) is 49.9 Å². The van der Waals surface area contributed by atoms with E-state index in [0.29, 0.717) is 48.3 Å². The van der Waals surface area contributed by atoms with Crippen molar-refractivity contribution >= 4 is 38.5 Å². The summed E-state index contributed by atoms with van der Waals surface area (Å²) in [7, 11) is -3.88. The third-order valence-electron chi connectivity index (χ3n) is 6.38. The minimum atomic E-state index is -3.88. The molecule has 0 spiro atoms. The van der Waals surface area contributed by atoms with Crippen molar-refractivity contribution < 1.29 is 22.7 Å². The molecule has 1 saturated heterocycles. The Labute approximate surface area is 210 Å². The highest BCUT2D eigenvalue weighted by Crippen LogP contribution is 2.31. The monoisotopic (exact) mass is 510 g/mol. The Morgan fingerprint density at radius 2 is 1.86 bits per heavy atom. The number of nitrogens with one attached hydrogen (secondary N) is 2. The summed E-state index contributed by atoms with van der Waals surface area (Å²) in [6.07, 6.45) is 1.66. The number of aryl methyl sites for hydroxylation is 1. The van der Waals surface area contributed by atoms with Crippen LogP contribution in [0.1, 0.15) is 36.3 Å². The molecule has 1 aliphatic heterocycles. The molecule has 0 unspecified atom stereocenters. The average Bonchev–Trinajstić information content (AvgIpc) is 2.85. The number of hydrogen-bond donors (Lipinski definition) is 2. The van der Waals surface area contributed by atoms with Crippen molar-refractivity contribution in [2.24, 2.45) is 5.92 Å². The Morgan fingerprint density at radius 3 is 2.56 bits per heavy atom. The highest BCUT2D eigenvalue weighted by atomic mass is 32.2. The van der Waals surface area contributed by atoms with Crippen LogP contribution in [0, 0.1) is 12.8 Å². The van der Waals surface area contributed by atoms with Crippen LogP contribution in [0.2, 0.25) is 0 Å². The maximum Gasteiger partial charge on any atom is 0.409 e. The van der Waals surface area contributed by atoms with Gasteiger partial charge in [-0.15, -0.1) is 0 Å². The first-order valence-electron chi connectivity index (χ1n) is 11.9. The maximum atomic E-state index is 13.5. The van der Waals surface area contributed by atoms with Crippen molar-refractivity contribution in [3.05, 3.63) is 66.0 Å². The van der Waals surface area contributed by atoms with Crippen molar-refractivity contribution in [1.29, 1.82) is 0 Å². The Hall–Kier alpha value is -3.50. The maximum absolute atomic E-state index is 13.5. The lowest BCUT2D eigenvalue weighted by Crippen LogP contribution is -2.51. The molecule has 190 valence electrons. The fourth-order valence-electron chi connectivity index (χ4n) is 4.48. The van der Waals surface area contributed by atoms with E-state index >= 15 is 0 Å². The van der Waals surface area contributed by atoms with Crippen LogP contribution in [0.25, 0.3) is 10.8 Å². The SMILES string of the molecule is CCOC(=O)N1CC[C@@H](NS(=O)(=O)c2ccc(NC(=O)c3ncccc3C)c3ccccc23)[C@@H](C)C1. The van der Waals surface area contributed by atoms with Gasteiger partial charge in [0.2, 0.25) is 10.0 Å². The summed E-state index contributed by atoms with van der Waals surface area (Å²) in [6.45, 7) is 6.59. The summed E-state index contributed by atoms with van der Waals surface area (Å²) in [5, 5.41) is 3.97. The number of rotatable bonds is 6. The van der Waals surface area contributed by atoms with E-state index in [1.54, 1.807) is 67.4 Å². The summed E-state index contributed by atoms with van der Waals surface area (Å²) in [5.74, 6) is -0.460. The van der Waals surface area contributed by atoms with E-state index in [0.717, 1.165) is 5.56 Å².